The summed E-state index contributed by atoms with van der Waals surface area (Å²) in [5.74, 6) is -1.50. The van der Waals surface area contributed by atoms with Gasteiger partial charge in [0, 0.05) is 11.1 Å². The van der Waals surface area contributed by atoms with E-state index in [0.29, 0.717) is 10.7 Å². The maximum atomic E-state index is 12.3. The Morgan fingerprint density at radius 2 is 2.09 bits per heavy atom. The van der Waals surface area contributed by atoms with Crippen LogP contribution in [-0.4, -0.2) is 22.0 Å². The second-order valence-electron chi connectivity index (χ2n) is 5.28. The maximum Gasteiger partial charge on any atom is 0.309 e. The second-order valence-corrected chi connectivity index (χ2v) is 6.17. The predicted octanol–water partition coefficient (Wildman–Crippen LogP) is 3.13. The number of hydrogen-bond acceptors (Lipinski definition) is 4. The number of aliphatic carboxylic acids is 1. The zero-order chi connectivity index (χ0) is 16.3. The van der Waals surface area contributed by atoms with Gasteiger partial charge in [0.25, 0.3) is 0 Å². The van der Waals surface area contributed by atoms with Crippen LogP contribution in [0.15, 0.2) is 23.6 Å². The Morgan fingerprint density at radius 3 is 2.77 bits per heavy atom. The lowest BCUT2D eigenvalue weighted by Gasteiger charge is -2.12. The Bertz CT molecular complexity index is 709. The fraction of sp³-hybridized carbons (Fsp3) is 0.312. The molecule has 2 aromatic rings. The van der Waals surface area contributed by atoms with Gasteiger partial charge in [-0.2, -0.15) is 0 Å². The number of carbonyl (C=O) groups is 2. The molecule has 2 N–H and O–H groups in total. The van der Waals surface area contributed by atoms with E-state index in [1.54, 1.807) is 12.3 Å². The van der Waals surface area contributed by atoms with Gasteiger partial charge in [-0.3, -0.25) is 9.59 Å². The molecule has 0 saturated carbocycles. The number of carboxylic acid groups (broad SMARTS) is 1. The van der Waals surface area contributed by atoms with E-state index >= 15 is 0 Å². The molecule has 6 heteroatoms. The molecule has 2 rings (SSSR count). The van der Waals surface area contributed by atoms with Crippen molar-refractivity contribution in [2.45, 2.75) is 33.1 Å². The number of rotatable bonds is 5. The summed E-state index contributed by atoms with van der Waals surface area (Å²) in [7, 11) is 0. The van der Waals surface area contributed by atoms with Crippen LogP contribution in [0.5, 0.6) is 0 Å². The molecule has 0 radical (unpaired) electrons. The topological polar surface area (TPSA) is 79.3 Å². The third-order valence-corrected chi connectivity index (χ3v) is 4.39. The van der Waals surface area contributed by atoms with Gasteiger partial charge in [0.2, 0.25) is 5.91 Å². The number of aromatic nitrogens is 1. The minimum absolute atomic E-state index is 0.123. The zero-order valence-electron chi connectivity index (χ0n) is 12.7. The predicted molar refractivity (Wildman–Crippen MR) is 86.4 cm³/mol. The number of carboxylic acids is 1. The minimum Gasteiger partial charge on any atom is -0.481 e. The maximum absolute atomic E-state index is 12.3. The highest BCUT2D eigenvalue weighted by Crippen LogP contribution is 2.23. The monoisotopic (exact) mass is 318 g/mol. The van der Waals surface area contributed by atoms with Crippen molar-refractivity contribution in [3.63, 3.8) is 0 Å². The van der Waals surface area contributed by atoms with Gasteiger partial charge in [-0.1, -0.05) is 12.1 Å². The molecule has 0 spiro atoms. The number of thiazole rings is 1. The highest BCUT2D eigenvalue weighted by atomic mass is 32.1. The Balaban J connectivity index is 2.10. The molecule has 0 aliphatic heterocycles. The van der Waals surface area contributed by atoms with Gasteiger partial charge in [0.1, 0.15) is 5.01 Å². The molecule has 0 bridgehead atoms. The van der Waals surface area contributed by atoms with Crippen LogP contribution in [0.1, 0.15) is 34.7 Å². The first-order chi connectivity index (χ1) is 10.4. The van der Waals surface area contributed by atoms with Crippen molar-refractivity contribution in [2.24, 2.45) is 0 Å². The van der Waals surface area contributed by atoms with E-state index in [2.05, 4.69) is 10.3 Å². The molecule has 0 saturated heterocycles. The highest BCUT2D eigenvalue weighted by Gasteiger charge is 2.20. The van der Waals surface area contributed by atoms with Crippen LogP contribution in [0.4, 0.5) is 5.69 Å². The van der Waals surface area contributed by atoms with Crippen molar-refractivity contribution < 1.29 is 14.7 Å². The largest absolute Gasteiger partial charge is 0.481 e. The Morgan fingerprint density at radius 1 is 1.36 bits per heavy atom. The molecule has 0 aliphatic rings. The number of amides is 1. The quantitative estimate of drug-likeness (QED) is 0.887. The second kappa shape index (κ2) is 6.70. The molecule has 1 atom stereocenters. The SMILES string of the molecule is Cc1ccc(C)c(NC(=O)[C@@H](C)c2nc(CC(=O)O)cs2)c1. The van der Waals surface area contributed by atoms with Crippen LogP contribution in [0.2, 0.25) is 0 Å². The van der Waals surface area contributed by atoms with E-state index in [0.717, 1.165) is 16.8 Å². The van der Waals surface area contributed by atoms with Crippen molar-refractivity contribution in [3.05, 3.63) is 45.4 Å². The first kappa shape index (κ1) is 16.2. The molecule has 1 heterocycles. The number of aryl methyl sites for hydroxylation is 2. The van der Waals surface area contributed by atoms with Crippen LogP contribution in [0, 0.1) is 13.8 Å². The number of nitrogens with zero attached hydrogens (tertiary/aromatic N) is 1. The molecule has 1 amide bonds. The van der Waals surface area contributed by atoms with Crippen molar-refractivity contribution in [2.75, 3.05) is 5.32 Å². The van der Waals surface area contributed by atoms with Gasteiger partial charge in [0.05, 0.1) is 18.0 Å². The summed E-state index contributed by atoms with van der Waals surface area (Å²) in [6.45, 7) is 5.68. The lowest BCUT2D eigenvalue weighted by atomic mass is 10.1. The Kier molecular flexibility index (Phi) is 4.92. The van der Waals surface area contributed by atoms with Crippen molar-refractivity contribution in [1.82, 2.24) is 4.98 Å². The van der Waals surface area contributed by atoms with Crippen LogP contribution < -0.4 is 5.32 Å². The summed E-state index contributed by atoms with van der Waals surface area (Å²) in [5, 5.41) is 14.0. The van der Waals surface area contributed by atoms with Gasteiger partial charge in [-0.25, -0.2) is 4.98 Å². The summed E-state index contributed by atoms with van der Waals surface area (Å²) in [4.78, 5) is 27.3. The normalized spacial score (nSPS) is 12.0. The average molecular weight is 318 g/mol. The lowest BCUT2D eigenvalue weighted by molar-refractivity contribution is -0.136. The summed E-state index contributed by atoms with van der Waals surface area (Å²) < 4.78 is 0. The van der Waals surface area contributed by atoms with Crippen molar-refractivity contribution >= 4 is 28.9 Å². The van der Waals surface area contributed by atoms with Crippen LogP contribution >= 0.6 is 11.3 Å². The fourth-order valence-corrected chi connectivity index (χ4v) is 2.86. The zero-order valence-corrected chi connectivity index (χ0v) is 13.5. The Labute approximate surface area is 133 Å². The number of carbonyl (C=O) groups excluding carboxylic acids is 1. The Hall–Kier alpha value is -2.21. The van der Waals surface area contributed by atoms with Crippen LogP contribution in [0.25, 0.3) is 0 Å². The minimum atomic E-state index is -0.927. The fourth-order valence-electron chi connectivity index (χ4n) is 1.98. The highest BCUT2D eigenvalue weighted by molar-refractivity contribution is 7.09. The lowest BCUT2D eigenvalue weighted by Crippen LogP contribution is -2.19. The first-order valence-corrected chi connectivity index (χ1v) is 7.79. The molecule has 0 fully saturated rings. The third kappa shape index (κ3) is 3.92. The summed E-state index contributed by atoms with van der Waals surface area (Å²) in [6, 6.07) is 5.88. The van der Waals surface area contributed by atoms with E-state index in [1.807, 2.05) is 32.0 Å². The molecule has 1 aromatic carbocycles. The molecule has 1 aromatic heterocycles. The molecular formula is C16H18N2O3S. The van der Waals surface area contributed by atoms with E-state index < -0.39 is 11.9 Å². The van der Waals surface area contributed by atoms with E-state index in [-0.39, 0.29) is 12.3 Å². The summed E-state index contributed by atoms with van der Waals surface area (Å²) in [6.07, 6.45) is -0.123. The number of anilines is 1. The number of nitrogens with one attached hydrogen (secondary N) is 1. The number of benzene rings is 1. The van der Waals surface area contributed by atoms with Crippen molar-refractivity contribution in [1.29, 1.82) is 0 Å². The molecular weight excluding hydrogens is 300 g/mol. The third-order valence-electron chi connectivity index (χ3n) is 3.32. The molecule has 22 heavy (non-hydrogen) atoms. The van der Waals surface area contributed by atoms with Crippen LogP contribution in [-0.2, 0) is 16.0 Å². The summed E-state index contributed by atoms with van der Waals surface area (Å²) in [5.41, 5.74) is 3.35. The van der Waals surface area contributed by atoms with Gasteiger partial charge in [0.15, 0.2) is 0 Å². The van der Waals surface area contributed by atoms with Crippen molar-refractivity contribution in [3.8, 4) is 0 Å². The molecule has 0 unspecified atom stereocenters. The van der Waals surface area contributed by atoms with Gasteiger partial charge >= 0.3 is 5.97 Å². The molecule has 116 valence electrons. The summed E-state index contributed by atoms with van der Waals surface area (Å²) >= 11 is 1.31. The number of hydrogen-bond donors (Lipinski definition) is 2. The van der Waals surface area contributed by atoms with Gasteiger partial charge in [-0.15, -0.1) is 11.3 Å². The van der Waals surface area contributed by atoms with Gasteiger partial charge in [-0.05, 0) is 38.0 Å². The van der Waals surface area contributed by atoms with Gasteiger partial charge < -0.3 is 10.4 Å². The van der Waals surface area contributed by atoms with E-state index in [9.17, 15) is 9.59 Å². The van der Waals surface area contributed by atoms with E-state index in [4.69, 9.17) is 5.11 Å². The molecule has 0 aliphatic carbocycles. The van der Waals surface area contributed by atoms with E-state index in [1.165, 1.54) is 11.3 Å². The first-order valence-electron chi connectivity index (χ1n) is 6.91. The molecule has 5 nitrogen and oxygen atoms in total. The smallest absolute Gasteiger partial charge is 0.309 e. The average Bonchev–Trinajstić information content (AvgIpc) is 2.89. The standard InChI is InChI=1S/C16H18N2O3S/c1-9-4-5-10(2)13(6-9)18-15(21)11(3)16-17-12(8-22-16)7-14(19)20/h4-6,8,11H,7H2,1-3H3,(H,18,21)(H,19,20)/t11-/m1/s1. The van der Waals surface area contributed by atoms with Crippen LogP contribution in [0.3, 0.4) is 0 Å².